The number of hydrogen-bond acceptors (Lipinski definition) is 8. The van der Waals surface area contributed by atoms with Crippen LogP contribution >= 0.6 is 0 Å². The molecule has 0 radical (unpaired) electrons. The molecule has 0 spiro atoms. The van der Waals surface area contributed by atoms with E-state index in [9.17, 15) is 24.6 Å². The minimum absolute atomic E-state index is 0.0192. The number of hydrogen-bond donors (Lipinski definition) is 4. The van der Waals surface area contributed by atoms with Crippen LogP contribution in [0.2, 0.25) is 0 Å². The smallest absolute Gasteiger partial charge is 0.258 e. The molecule has 0 aliphatic carbocycles. The van der Waals surface area contributed by atoms with E-state index < -0.39 is 35.4 Å². The molecule has 1 saturated heterocycles. The number of aromatic hydroxyl groups is 1. The maximum atomic E-state index is 13.7. The highest BCUT2D eigenvalue weighted by Crippen LogP contribution is 2.27. The lowest BCUT2D eigenvalue weighted by molar-refractivity contribution is -0.144. The third kappa shape index (κ3) is 7.43. The Morgan fingerprint density at radius 1 is 1.12 bits per heavy atom. The summed E-state index contributed by atoms with van der Waals surface area (Å²) < 4.78 is 10.9. The minimum Gasteiger partial charge on any atom is -0.508 e. The molecule has 0 saturated carbocycles. The summed E-state index contributed by atoms with van der Waals surface area (Å²) in [6.07, 6.45) is 0.618. The summed E-state index contributed by atoms with van der Waals surface area (Å²) in [5, 5.41) is 25.4. The van der Waals surface area contributed by atoms with E-state index in [1.165, 1.54) is 35.6 Å². The van der Waals surface area contributed by atoms with Crippen molar-refractivity contribution in [2.24, 2.45) is 5.41 Å². The number of aliphatic hydroxyl groups excluding tert-OH is 1. The lowest BCUT2D eigenvalue weighted by Gasteiger charge is -2.35. The molecule has 218 valence electrons. The van der Waals surface area contributed by atoms with E-state index in [-0.39, 0.29) is 37.8 Å². The number of likely N-dealkylation sites (tertiary alicyclic amines) is 1. The highest BCUT2D eigenvalue weighted by atomic mass is 16.5. The predicted octanol–water partition coefficient (Wildman–Crippen LogP) is 2.54. The van der Waals surface area contributed by atoms with Crippen molar-refractivity contribution >= 4 is 17.7 Å². The number of nitrogens with zero attached hydrogens (tertiary/aromatic N) is 2. The number of aliphatic hydroxyl groups is 1. The van der Waals surface area contributed by atoms with E-state index >= 15 is 0 Å². The van der Waals surface area contributed by atoms with Crippen LogP contribution in [0.5, 0.6) is 11.5 Å². The molecule has 1 aliphatic rings. The monoisotopic (exact) mass is 564 g/mol. The van der Waals surface area contributed by atoms with Crippen LogP contribution in [0, 0.1) is 12.3 Å². The molecule has 4 rings (SSSR count). The number of ether oxygens (including phenoxy) is 1. The molecule has 3 aromatic rings. The fourth-order valence-electron chi connectivity index (χ4n) is 4.67. The van der Waals surface area contributed by atoms with Gasteiger partial charge in [-0.05, 0) is 42.2 Å². The largest absolute Gasteiger partial charge is 0.508 e. The summed E-state index contributed by atoms with van der Waals surface area (Å²) in [5.74, 6) is -0.224. The zero-order chi connectivity index (χ0) is 29.7. The molecule has 4 N–H and O–H groups in total. The quantitative estimate of drug-likeness (QED) is 0.309. The minimum atomic E-state index is -0.967. The summed E-state index contributed by atoms with van der Waals surface area (Å²) in [5.41, 5.74) is 1.81. The average Bonchev–Trinajstić information content (AvgIpc) is 3.54. The van der Waals surface area contributed by atoms with Crippen molar-refractivity contribution in [3.63, 3.8) is 0 Å². The van der Waals surface area contributed by atoms with Gasteiger partial charge in [-0.25, -0.2) is 4.98 Å². The first kappa shape index (κ1) is 29.6. The van der Waals surface area contributed by atoms with Crippen LogP contribution in [0.4, 0.5) is 0 Å². The summed E-state index contributed by atoms with van der Waals surface area (Å²) in [6.45, 7) is 7.15. The number of nitrogens with one attached hydrogen (secondary N) is 2. The number of carbonyl (C=O) groups is 3. The zero-order valence-corrected chi connectivity index (χ0v) is 23.6. The van der Waals surface area contributed by atoms with Crippen molar-refractivity contribution < 1.29 is 33.8 Å². The van der Waals surface area contributed by atoms with Crippen LogP contribution in [0.15, 0.2) is 59.3 Å². The number of benzene rings is 2. The standard InChI is InChI=1S/C30H36N4O7/c1-18-26(41-17-32-18)20-7-5-19(6-8-20)14-31-28(38)24-13-22(36)15-34(24)29(39)27(30(2,3)4)33-25(37)16-40-23-11-9-21(35)10-12-23/h5-12,17,22,24,27,35-36H,13-16H2,1-4H3,(H,31,38)(H,33,37)/t22-,24+,27-/m1/s1. The molecule has 3 amide bonds. The fourth-order valence-corrected chi connectivity index (χ4v) is 4.67. The Labute approximate surface area is 238 Å². The predicted molar refractivity (Wildman–Crippen MR) is 150 cm³/mol. The van der Waals surface area contributed by atoms with E-state index in [1.807, 2.05) is 52.0 Å². The van der Waals surface area contributed by atoms with Crippen LogP contribution < -0.4 is 15.4 Å². The Balaban J connectivity index is 1.38. The molecular formula is C30H36N4O7. The van der Waals surface area contributed by atoms with Gasteiger partial charge in [0.05, 0.1) is 11.8 Å². The van der Waals surface area contributed by atoms with Gasteiger partial charge in [0.25, 0.3) is 5.91 Å². The van der Waals surface area contributed by atoms with Gasteiger partial charge < -0.3 is 34.9 Å². The number of oxazole rings is 1. The van der Waals surface area contributed by atoms with Gasteiger partial charge in [0.15, 0.2) is 18.8 Å². The second kappa shape index (κ2) is 12.4. The van der Waals surface area contributed by atoms with Gasteiger partial charge in [0, 0.05) is 25.1 Å². The Kier molecular flexibility index (Phi) is 8.97. The van der Waals surface area contributed by atoms with E-state index in [4.69, 9.17) is 9.15 Å². The number of carbonyl (C=O) groups excluding carboxylic acids is 3. The highest BCUT2D eigenvalue weighted by molar-refractivity contribution is 5.93. The number of phenolic OH excluding ortho intramolecular Hbond substituents is 1. The molecule has 41 heavy (non-hydrogen) atoms. The summed E-state index contributed by atoms with van der Waals surface area (Å²) >= 11 is 0. The summed E-state index contributed by atoms with van der Waals surface area (Å²) in [4.78, 5) is 45.0. The Hall–Kier alpha value is -4.38. The van der Waals surface area contributed by atoms with Crippen LogP contribution in [0.1, 0.15) is 38.4 Å². The number of β-amino-alcohol motifs (C(OH)–C–C–N with tert-alkyl or cyclic N) is 1. The average molecular weight is 565 g/mol. The topological polar surface area (TPSA) is 154 Å². The zero-order valence-electron chi connectivity index (χ0n) is 23.6. The second-order valence-corrected chi connectivity index (χ2v) is 11.2. The summed E-state index contributed by atoms with van der Waals surface area (Å²) in [7, 11) is 0. The first-order valence-corrected chi connectivity index (χ1v) is 13.4. The molecule has 1 aliphatic heterocycles. The maximum Gasteiger partial charge on any atom is 0.258 e. The SMILES string of the molecule is Cc1ncoc1-c1ccc(CNC(=O)[C@@H]2C[C@@H](O)CN2C(=O)[C@@H](NC(=O)COc2ccc(O)cc2)C(C)(C)C)cc1. The van der Waals surface area contributed by atoms with Gasteiger partial charge in [-0.2, -0.15) is 0 Å². The first-order valence-electron chi connectivity index (χ1n) is 13.4. The molecule has 0 bridgehead atoms. The number of phenols is 1. The van der Waals surface area contributed by atoms with Crippen LogP contribution in [-0.4, -0.2) is 69.2 Å². The number of aryl methyl sites for hydroxylation is 1. The first-order chi connectivity index (χ1) is 19.4. The van der Waals surface area contributed by atoms with Crippen LogP contribution in [0.3, 0.4) is 0 Å². The van der Waals surface area contributed by atoms with Crippen molar-refractivity contribution in [3.05, 3.63) is 66.2 Å². The van der Waals surface area contributed by atoms with Crippen LogP contribution in [-0.2, 0) is 20.9 Å². The molecule has 3 atom stereocenters. The Morgan fingerprint density at radius 2 is 1.80 bits per heavy atom. The normalized spacial score (nSPS) is 17.6. The lowest BCUT2D eigenvalue weighted by Crippen LogP contribution is -2.58. The van der Waals surface area contributed by atoms with Crippen molar-refractivity contribution in [2.75, 3.05) is 13.2 Å². The third-order valence-electron chi connectivity index (χ3n) is 6.92. The molecule has 1 aromatic heterocycles. The molecule has 1 fully saturated rings. The molecule has 2 aromatic carbocycles. The van der Waals surface area contributed by atoms with Crippen molar-refractivity contribution in [3.8, 4) is 22.8 Å². The maximum absolute atomic E-state index is 13.7. The van der Waals surface area contributed by atoms with Gasteiger partial charge in [0.1, 0.15) is 23.6 Å². The van der Waals surface area contributed by atoms with E-state index in [0.29, 0.717) is 11.5 Å². The van der Waals surface area contributed by atoms with Gasteiger partial charge in [-0.15, -0.1) is 0 Å². The lowest BCUT2D eigenvalue weighted by atomic mass is 9.85. The summed E-state index contributed by atoms with van der Waals surface area (Å²) in [6, 6.07) is 11.6. The van der Waals surface area contributed by atoms with Crippen molar-refractivity contribution in [1.82, 2.24) is 20.5 Å². The molecular weight excluding hydrogens is 528 g/mol. The van der Waals surface area contributed by atoms with Gasteiger partial charge >= 0.3 is 0 Å². The van der Waals surface area contributed by atoms with E-state index in [0.717, 1.165) is 16.8 Å². The van der Waals surface area contributed by atoms with Crippen molar-refractivity contribution in [1.29, 1.82) is 0 Å². The van der Waals surface area contributed by atoms with Crippen molar-refractivity contribution in [2.45, 2.75) is 58.8 Å². The highest BCUT2D eigenvalue weighted by Gasteiger charge is 2.44. The van der Waals surface area contributed by atoms with Gasteiger partial charge in [-0.3, -0.25) is 14.4 Å². The molecule has 11 nitrogen and oxygen atoms in total. The molecule has 0 unspecified atom stereocenters. The second-order valence-electron chi connectivity index (χ2n) is 11.2. The Morgan fingerprint density at radius 3 is 2.41 bits per heavy atom. The number of rotatable bonds is 9. The number of amides is 3. The Bertz CT molecular complexity index is 1360. The van der Waals surface area contributed by atoms with E-state index in [2.05, 4.69) is 15.6 Å². The molecule has 11 heteroatoms. The van der Waals surface area contributed by atoms with Gasteiger partial charge in [0.2, 0.25) is 11.8 Å². The van der Waals surface area contributed by atoms with Gasteiger partial charge in [-0.1, -0.05) is 45.0 Å². The molecule has 2 heterocycles. The van der Waals surface area contributed by atoms with Crippen LogP contribution in [0.25, 0.3) is 11.3 Å². The third-order valence-corrected chi connectivity index (χ3v) is 6.92. The number of aromatic nitrogens is 1. The fraction of sp³-hybridized carbons (Fsp3) is 0.400. The van der Waals surface area contributed by atoms with E-state index in [1.54, 1.807) is 0 Å².